The van der Waals surface area contributed by atoms with Crippen LogP contribution in [0.3, 0.4) is 0 Å². The first-order chi connectivity index (χ1) is 11.7. The van der Waals surface area contributed by atoms with Crippen LogP contribution < -0.4 is 10.5 Å². The summed E-state index contributed by atoms with van der Waals surface area (Å²) < 4.78 is 35.4. The normalized spacial score (nSPS) is 12.0. The van der Waals surface area contributed by atoms with E-state index in [-0.39, 0.29) is 12.4 Å². The summed E-state index contributed by atoms with van der Waals surface area (Å²) in [5.74, 6) is -0.0381. The maximum atomic E-state index is 12.6. The van der Waals surface area contributed by atoms with E-state index in [0.29, 0.717) is 34.3 Å². The third-order valence-corrected chi connectivity index (χ3v) is 5.48. The van der Waals surface area contributed by atoms with Crippen molar-refractivity contribution < 1.29 is 18.3 Å². The van der Waals surface area contributed by atoms with Crippen molar-refractivity contribution in [2.24, 2.45) is 0 Å². The van der Waals surface area contributed by atoms with Crippen molar-refractivity contribution >= 4 is 25.4 Å². The van der Waals surface area contributed by atoms with Gasteiger partial charge in [-0.2, -0.15) is 13.9 Å². The van der Waals surface area contributed by atoms with E-state index in [0.717, 1.165) is 6.04 Å². The van der Waals surface area contributed by atoms with Gasteiger partial charge in [0.25, 0.3) is 0 Å². The van der Waals surface area contributed by atoms with Gasteiger partial charge in [-0.15, -0.1) is 0 Å². The summed E-state index contributed by atoms with van der Waals surface area (Å²) in [6.45, 7) is 4.76. The van der Waals surface area contributed by atoms with E-state index in [1.54, 1.807) is 0 Å². The van der Waals surface area contributed by atoms with Crippen LogP contribution in [0.15, 0.2) is 18.2 Å². The van der Waals surface area contributed by atoms with Crippen LogP contribution in [0, 0.1) is 0 Å². The summed E-state index contributed by atoms with van der Waals surface area (Å²) >= 11 is 5.96. The molecule has 0 unspecified atom stereocenters. The van der Waals surface area contributed by atoms with Crippen LogP contribution in [0.5, 0.6) is 5.75 Å². The Morgan fingerprint density at radius 2 is 2.04 bits per heavy atom. The number of aromatic nitrogens is 2. The molecule has 138 valence electrons. The highest BCUT2D eigenvalue weighted by Crippen LogP contribution is 2.36. The van der Waals surface area contributed by atoms with Crippen LogP contribution in [0.25, 0.3) is 11.3 Å². The molecule has 0 spiro atoms. The van der Waals surface area contributed by atoms with Crippen molar-refractivity contribution in [2.75, 3.05) is 12.3 Å². The number of aromatic amines is 1. The largest absolute Gasteiger partial charge is 0.434 e. The van der Waals surface area contributed by atoms with Gasteiger partial charge in [0.05, 0.1) is 18.0 Å². The molecule has 9 heteroatoms. The second-order valence-electron chi connectivity index (χ2n) is 6.85. The minimum atomic E-state index is -2.95. The Kier molecular flexibility index (Phi) is 6.42. The topological polar surface area (TPSA) is 73.2 Å². The lowest BCUT2D eigenvalue weighted by molar-refractivity contribution is -0.0494. The van der Waals surface area contributed by atoms with Gasteiger partial charge in [-0.25, -0.2) is 0 Å². The molecule has 1 aromatic carbocycles. The zero-order chi connectivity index (χ0) is 18.6. The minimum absolute atomic E-state index is 0.0381. The highest BCUT2D eigenvalue weighted by atomic mass is 35.5. The van der Waals surface area contributed by atoms with Crippen LogP contribution in [-0.4, -0.2) is 31.5 Å². The predicted molar refractivity (Wildman–Crippen MR) is 97.9 cm³/mol. The molecule has 0 bridgehead atoms. The number of nitrogen functional groups attached to an aromatic ring is 1. The summed E-state index contributed by atoms with van der Waals surface area (Å²) in [5.41, 5.74) is 7.63. The average molecular weight is 390 g/mol. The van der Waals surface area contributed by atoms with Gasteiger partial charge in [0, 0.05) is 25.3 Å². The van der Waals surface area contributed by atoms with E-state index in [4.69, 9.17) is 22.1 Å². The first-order valence-electron chi connectivity index (χ1n) is 7.82. The van der Waals surface area contributed by atoms with Gasteiger partial charge >= 0.3 is 6.61 Å². The molecule has 2 aromatic rings. The SMILES string of the molecule is C[Si](C)(C)CCOCc1[nH]nc(-c2cc(Cl)ccc2OC(F)F)c1N. The summed E-state index contributed by atoms with van der Waals surface area (Å²) in [6, 6.07) is 5.35. The molecule has 0 aliphatic heterocycles. The van der Waals surface area contributed by atoms with Gasteiger partial charge in [-0.3, -0.25) is 5.10 Å². The standard InChI is InChI=1S/C16H22ClF2N3O2Si/c1-25(2,3)7-6-23-9-12-14(20)15(22-21-12)11-8-10(17)4-5-13(11)24-16(18)19/h4-5,8,16H,6-7,9,20H2,1-3H3,(H,21,22). The van der Waals surface area contributed by atoms with Gasteiger partial charge in [-0.1, -0.05) is 31.2 Å². The number of halogens is 3. The van der Waals surface area contributed by atoms with Gasteiger partial charge < -0.3 is 15.2 Å². The number of hydrogen-bond donors (Lipinski definition) is 2. The molecule has 25 heavy (non-hydrogen) atoms. The number of ether oxygens (including phenoxy) is 2. The van der Waals surface area contributed by atoms with Gasteiger partial charge in [0.1, 0.15) is 11.4 Å². The zero-order valence-corrected chi connectivity index (χ0v) is 16.2. The van der Waals surface area contributed by atoms with Crippen LogP contribution in [0.4, 0.5) is 14.5 Å². The van der Waals surface area contributed by atoms with Crippen LogP contribution in [0.1, 0.15) is 5.69 Å². The van der Waals surface area contributed by atoms with E-state index < -0.39 is 14.7 Å². The Morgan fingerprint density at radius 1 is 1.32 bits per heavy atom. The van der Waals surface area contributed by atoms with Crippen molar-refractivity contribution in [3.63, 3.8) is 0 Å². The second kappa shape index (κ2) is 8.16. The molecule has 1 aromatic heterocycles. The van der Waals surface area contributed by atoms with Crippen molar-refractivity contribution in [1.29, 1.82) is 0 Å². The first-order valence-corrected chi connectivity index (χ1v) is 11.9. The van der Waals surface area contributed by atoms with E-state index in [9.17, 15) is 8.78 Å². The lowest BCUT2D eigenvalue weighted by Crippen LogP contribution is -2.21. The Morgan fingerprint density at radius 3 is 2.68 bits per heavy atom. The molecule has 0 aliphatic carbocycles. The van der Waals surface area contributed by atoms with Crippen molar-refractivity contribution in [3.8, 4) is 17.0 Å². The molecule has 0 saturated heterocycles. The number of nitrogens with one attached hydrogen (secondary N) is 1. The number of alkyl halides is 2. The fraction of sp³-hybridized carbons (Fsp3) is 0.438. The van der Waals surface area contributed by atoms with Gasteiger partial charge in [0.15, 0.2) is 0 Å². The molecule has 5 nitrogen and oxygen atoms in total. The van der Waals surface area contributed by atoms with Crippen LogP contribution in [0.2, 0.25) is 30.7 Å². The molecule has 0 aliphatic rings. The van der Waals surface area contributed by atoms with Crippen molar-refractivity contribution in [1.82, 2.24) is 10.2 Å². The monoisotopic (exact) mass is 389 g/mol. The predicted octanol–water partition coefficient (Wildman–Crippen LogP) is 4.77. The summed E-state index contributed by atoms with van der Waals surface area (Å²) in [5, 5.41) is 7.28. The summed E-state index contributed by atoms with van der Waals surface area (Å²) in [7, 11) is -1.17. The van der Waals surface area contributed by atoms with Gasteiger partial charge in [-0.05, 0) is 24.2 Å². The second-order valence-corrected chi connectivity index (χ2v) is 12.9. The number of anilines is 1. The molecule has 0 saturated carbocycles. The molecule has 0 atom stereocenters. The Balaban J connectivity index is 2.16. The zero-order valence-electron chi connectivity index (χ0n) is 14.4. The molecule has 0 fully saturated rings. The molecule has 1 heterocycles. The quantitative estimate of drug-likeness (QED) is 0.504. The number of hydrogen-bond acceptors (Lipinski definition) is 4. The third-order valence-electron chi connectivity index (χ3n) is 3.54. The molecule has 3 N–H and O–H groups in total. The van der Waals surface area contributed by atoms with E-state index in [1.165, 1.54) is 18.2 Å². The fourth-order valence-corrected chi connectivity index (χ4v) is 3.07. The summed E-state index contributed by atoms with van der Waals surface area (Å²) in [6.07, 6.45) is 0. The van der Waals surface area contributed by atoms with E-state index >= 15 is 0 Å². The van der Waals surface area contributed by atoms with E-state index in [1.807, 2.05) is 0 Å². The van der Waals surface area contributed by atoms with Crippen LogP contribution in [-0.2, 0) is 11.3 Å². The molecule has 2 rings (SSSR count). The highest BCUT2D eigenvalue weighted by Gasteiger charge is 2.19. The molecule has 0 radical (unpaired) electrons. The van der Waals surface area contributed by atoms with Gasteiger partial charge in [0.2, 0.25) is 0 Å². The van der Waals surface area contributed by atoms with Crippen LogP contribution >= 0.6 is 11.6 Å². The molecular formula is C16H22ClF2N3O2Si. The molecule has 0 amide bonds. The lowest BCUT2D eigenvalue weighted by Gasteiger charge is -2.15. The number of nitrogens with zero attached hydrogens (tertiary/aromatic N) is 1. The number of rotatable bonds is 8. The van der Waals surface area contributed by atoms with E-state index in [2.05, 4.69) is 34.6 Å². The maximum Gasteiger partial charge on any atom is 0.387 e. The van der Waals surface area contributed by atoms with Crippen molar-refractivity contribution in [3.05, 3.63) is 28.9 Å². The Labute approximate surface area is 151 Å². The average Bonchev–Trinajstić information content (AvgIpc) is 2.85. The maximum absolute atomic E-state index is 12.6. The molecular weight excluding hydrogens is 368 g/mol. The smallest absolute Gasteiger partial charge is 0.387 e. The fourth-order valence-electron chi connectivity index (χ4n) is 2.14. The minimum Gasteiger partial charge on any atom is -0.434 e. The Bertz CT molecular complexity index is 720. The number of benzene rings is 1. The number of nitrogens with two attached hydrogens (primary N) is 1. The Hall–Kier alpha value is -1.64. The number of H-pyrrole nitrogens is 1. The van der Waals surface area contributed by atoms with Crippen molar-refractivity contribution in [2.45, 2.75) is 38.9 Å². The third kappa shape index (κ3) is 5.69. The summed E-state index contributed by atoms with van der Waals surface area (Å²) in [4.78, 5) is 0. The lowest BCUT2D eigenvalue weighted by atomic mass is 10.1. The highest BCUT2D eigenvalue weighted by molar-refractivity contribution is 6.76. The first kappa shape index (κ1) is 19.7.